The Morgan fingerprint density at radius 1 is 1.14 bits per heavy atom. The van der Waals surface area contributed by atoms with E-state index in [0.29, 0.717) is 11.6 Å². The van der Waals surface area contributed by atoms with Crippen molar-refractivity contribution >= 4 is 16.8 Å². The molecule has 5 heteroatoms. The van der Waals surface area contributed by atoms with E-state index < -0.39 is 0 Å². The number of carbonyl (C=O) groups is 1. The van der Waals surface area contributed by atoms with E-state index in [4.69, 9.17) is 0 Å². The largest absolute Gasteiger partial charge is 0.331 e. The molecule has 1 aromatic heterocycles. The SMILES string of the molecule is O=C(c1cc(=O)[nH]c2ccccc12)N1C2CCNCC1CC2. The fraction of sp³-hybridized carbons (Fsp3) is 0.412. The normalized spacial score (nSPS) is 24.5. The third kappa shape index (κ3) is 2.13. The summed E-state index contributed by atoms with van der Waals surface area (Å²) in [5.41, 5.74) is 1.03. The van der Waals surface area contributed by atoms with E-state index in [1.165, 1.54) is 6.07 Å². The Hall–Kier alpha value is -2.14. The molecule has 2 fully saturated rings. The molecule has 3 heterocycles. The van der Waals surface area contributed by atoms with Crippen LogP contribution < -0.4 is 10.9 Å². The lowest BCUT2D eigenvalue weighted by atomic mass is 10.1. The van der Waals surface area contributed by atoms with E-state index in [1.807, 2.05) is 29.2 Å². The summed E-state index contributed by atoms with van der Waals surface area (Å²) in [6.45, 7) is 1.81. The van der Waals surface area contributed by atoms with Crippen LogP contribution in [0.5, 0.6) is 0 Å². The van der Waals surface area contributed by atoms with E-state index >= 15 is 0 Å². The highest BCUT2D eigenvalue weighted by Crippen LogP contribution is 2.30. The maximum Gasteiger partial charge on any atom is 0.255 e. The number of hydrogen-bond donors (Lipinski definition) is 2. The van der Waals surface area contributed by atoms with E-state index in [0.717, 1.165) is 43.3 Å². The number of benzene rings is 1. The van der Waals surface area contributed by atoms with Crippen molar-refractivity contribution in [1.29, 1.82) is 0 Å². The molecule has 4 rings (SSSR count). The number of aromatic amines is 1. The molecule has 1 aromatic carbocycles. The molecule has 2 bridgehead atoms. The Morgan fingerprint density at radius 2 is 1.95 bits per heavy atom. The minimum Gasteiger partial charge on any atom is -0.331 e. The monoisotopic (exact) mass is 297 g/mol. The zero-order valence-electron chi connectivity index (χ0n) is 12.3. The van der Waals surface area contributed by atoms with Crippen LogP contribution in [-0.2, 0) is 0 Å². The summed E-state index contributed by atoms with van der Waals surface area (Å²) in [6, 6.07) is 9.50. The van der Waals surface area contributed by atoms with Crippen LogP contribution in [0.1, 0.15) is 29.6 Å². The Balaban J connectivity index is 1.81. The molecule has 2 saturated heterocycles. The fourth-order valence-electron chi connectivity index (χ4n) is 3.83. The molecule has 2 unspecified atom stereocenters. The number of rotatable bonds is 1. The van der Waals surface area contributed by atoms with Gasteiger partial charge in [-0.3, -0.25) is 9.59 Å². The Labute approximate surface area is 128 Å². The van der Waals surface area contributed by atoms with Crippen LogP contribution in [0.3, 0.4) is 0 Å². The van der Waals surface area contributed by atoms with E-state index in [-0.39, 0.29) is 17.5 Å². The van der Waals surface area contributed by atoms with Crippen molar-refractivity contribution in [2.45, 2.75) is 31.3 Å². The van der Waals surface area contributed by atoms with Crippen LogP contribution in [-0.4, -0.2) is 41.0 Å². The summed E-state index contributed by atoms with van der Waals surface area (Å²) >= 11 is 0. The lowest BCUT2D eigenvalue weighted by Gasteiger charge is -2.28. The minimum absolute atomic E-state index is 0.00139. The number of pyridine rings is 1. The van der Waals surface area contributed by atoms with Gasteiger partial charge < -0.3 is 15.2 Å². The van der Waals surface area contributed by atoms with E-state index in [2.05, 4.69) is 10.3 Å². The summed E-state index contributed by atoms with van der Waals surface area (Å²) in [7, 11) is 0. The molecule has 5 nitrogen and oxygen atoms in total. The van der Waals surface area contributed by atoms with Crippen LogP contribution in [0.25, 0.3) is 10.9 Å². The highest BCUT2D eigenvalue weighted by Gasteiger charge is 2.38. The smallest absolute Gasteiger partial charge is 0.255 e. The second-order valence-corrected chi connectivity index (χ2v) is 6.18. The zero-order valence-corrected chi connectivity index (χ0v) is 12.3. The van der Waals surface area contributed by atoms with Gasteiger partial charge in [-0.2, -0.15) is 0 Å². The van der Waals surface area contributed by atoms with E-state index in [1.54, 1.807) is 0 Å². The number of carbonyl (C=O) groups excluding carboxylic acids is 1. The molecule has 0 aliphatic carbocycles. The highest BCUT2D eigenvalue weighted by molar-refractivity contribution is 6.06. The summed E-state index contributed by atoms with van der Waals surface area (Å²) in [6.07, 6.45) is 3.10. The Kier molecular flexibility index (Phi) is 3.22. The van der Waals surface area contributed by atoms with Crippen molar-refractivity contribution in [2.24, 2.45) is 0 Å². The third-order valence-corrected chi connectivity index (χ3v) is 4.87. The molecule has 22 heavy (non-hydrogen) atoms. The van der Waals surface area contributed by atoms with Gasteiger partial charge in [0.25, 0.3) is 5.91 Å². The van der Waals surface area contributed by atoms with Crippen molar-refractivity contribution in [3.05, 3.63) is 46.2 Å². The molecular formula is C17H19N3O2. The van der Waals surface area contributed by atoms with Crippen LogP contribution in [0.4, 0.5) is 0 Å². The van der Waals surface area contributed by atoms with Gasteiger partial charge in [0.1, 0.15) is 0 Å². The van der Waals surface area contributed by atoms with Gasteiger partial charge in [0.05, 0.1) is 5.56 Å². The number of amides is 1. The van der Waals surface area contributed by atoms with Gasteiger partial charge in [0.2, 0.25) is 5.56 Å². The van der Waals surface area contributed by atoms with Gasteiger partial charge in [0, 0.05) is 35.6 Å². The molecule has 0 radical (unpaired) electrons. The number of fused-ring (bicyclic) bond motifs is 3. The summed E-state index contributed by atoms with van der Waals surface area (Å²) in [4.78, 5) is 29.8. The van der Waals surface area contributed by atoms with E-state index in [9.17, 15) is 9.59 Å². The summed E-state index contributed by atoms with van der Waals surface area (Å²) in [5, 5.41) is 4.22. The number of nitrogens with one attached hydrogen (secondary N) is 2. The van der Waals surface area contributed by atoms with Gasteiger partial charge in [-0.25, -0.2) is 0 Å². The molecule has 2 atom stereocenters. The Bertz CT molecular complexity index is 769. The maximum atomic E-state index is 13.1. The zero-order chi connectivity index (χ0) is 15.1. The van der Waals surface area contributed by atoms with Crippen LogP contribution in [0.15, 0.2) is 35.1 Å². The lowest BCUT2D eigenvalue weighted by Crippen LogP contribution is -2.42. The molecule has 0 saturated carbocycles. The fourth-order valence-corrected chi connectivity index (χ4v) is 3.83. The second kappa shape index (κ2) is 5.25. The van der Waals surface area contributed by atoms with Crippen LogP contribution >= 0.6 is 0 Å². The van der Waals surface area contributed by atoms with Crippen molar-refractivity contribution in [3.63, 3.8) is 0 Å². The van der Waals surface area contributed by atoms with Gasteiger partial charge in [0.15, 0.2) is 0 Å². The molecule has 2 N–H and O–H groups in total. The number of hydrogen-bond acceptors (Lipinski definition) is 3. The van der Waals surface area contributed by atoms with Crippen molar-refractivity contribution in [2.75, 3.05) is 13.1 Å². The first-order valence-electron chi connectivity index (χ1n) is 7.89. The lowest BCUT2D eigenvalue weighted by molar-refractivity contribution is 0.0682. The molecule has 2 aliphatic rings. The molecule has 0 spiro atoms. The predicted molar refractivity (Wildman–Crippen MR) is 85.0 cm³/mol. The first-order valence-corrected chi connectivity index (χ1v) is 7.89. The summed E-state index contributed by atoms with van der Waals surface area (Å²) < 4.78 is 0. The maximum absolute atomic E-state index is 13.1. The topological polar surface area (TPSA) is 65.2 Å². The second-order valence-electron chi connectivity index (χ2n) is 6.18. The van der Waals surface area contributed by atoms with Gasteiger partial charge in [-0.1, -0.05) is 18.2 Å². The van der Waals surface area contributed by atoms with Gasteiger partial charge >= 0.3 is 0 Å². The van der Waals surface area contributed by atoms with Gasteiger partial charge in [-0.05, 0) is 31.9 Å². The first kappa shape index (κ1) is 13.5. The van der Waals surface area contributed by atoms with Crippen molar-refractivity contribution in [3.8, 4) is 0 Å². The number of H-pyrrole nitrogens is 1. The molecule has 2 aromatic rings. The number of nitrogens with zero attached hydrogens (tertiary/aromatic N) is 1. The highest BCUT2D eigenvalue weighted by atomic mass is 16.2. The molecular weight excluding hydrogens is 278 g/mol. The first-order chi connectivity index (χ1) is 10.7. The Morgan fingerprint density at radius 3 is 2.86 bits per heavy atom. The number of aromatic nitrogens is 1. The average molecular weight is 297 g/mol. The standard InChI is InChI=1S/C17H19N3O2/c21-16-9-14(13-3-1-2-4-15(13)19-16)17(22)20-11-5-6-12(20)10-18-8-7-11/h1-4,9,11-12,18H,5-8,10H2,(H,19,21). The van der Waals surface area contributed by atoms with Crippen molar-refractivity contribution < 1.29 is 4.79 Å². The predicted octanol–water partition coefficient (Wildman–Crippen LogP) is 1.49. The quantitative estimate of drug-likeness (QED) is 0.838. The third-order valence-electron chi connectivity index (χ3n) is 4.87. The summed E-state index contributed by atoms with van der Waals surface area (Å²) in [5.74, 6) is -0.00139. The molecule has 1 amide bonds. The number of para-hydroxylation sites is 1. The van der Waals surface area contributed by atoms with Crippen molar-refractivity contribution in [1.82, 2.24) is 15.2 Å². The molecule has 2 aliphatic heterocycles. The molecule has 114 valence electrons. The van der Waals surface area contributed by atoms with Crippen LogP contribution in [0, 0.1) is 0 Å². The van der Waals surface area contributed by atoms with Gasteiger partial charge in [-0.15, -0.1) is 0 Å². The minimum atomic E-state index is -0.220. The average Bonchev–Trinajstić information content (AvgIpc) is 2.78. The van der Waals surface area contributed by atoms with Crippen LogP contribution in [0.2, 0.25) is 0 Å².